The van der Waals surface area contributed by atoms with Crippen molar-refractivity contribution in [2.45, 2.75) is 43.0 Å². The maximum Gasteiger partial charge on any atom is 0.261 e. The predicted molar refractivity (Wildman–Crippen MR) is 135 cm³/mol. The number of carbonyl (C=O) groups excluding carboxylic acids is 1. The van der Waals surface area contributed by atoms with E-state index in [1.807, 2.05) is 13.0 Å². The van der Waals surface area contributed by atoms with E-state index in [2.05, 4.69) is 5.10 Å². The van der Waals surface area contributed by atoms with Gasteiger partial charge in [0.05, 0.1) is 16.3 Å². The lowest BCUT2D eigenvalue weighted by Gasteiger charge is -2.35. The van der Waals surface area contributed by atoms with Gasteiger partial charge in [-0.15, -0.1) is 0 Å². The zero-order valence-corrected chi connectivity index (χ0v) is 21.6. The molecule has 9 nitrogen and oxygen atoms in total. The number of rotatable bonds is 6. The Kier molecular flexibility index (Phi) is 5.77. The van der Waals surface area contributed by atoms with Crippen molar-refractivity contribution in [2.24, 2.45) is 5.14 Å². The van der Waals surface area contributed by atoms with Gasteiger partial charge >= 0.3 is 0 Å². The highest BCUT2D eigenvalue weighted by Gasteiger charge is 2.38. The first-order valence-electron chi connectivity index (χ1n) is 11.9. The molecule has 2 N–H and O–H groups in total. The molecule has 1 atom stereocenters. The number of carbonyl (C=O) groups is 1. The maximum absolute atomic E-state index is 15.6. The fraction of sp³-hybridized carbons (Fsp3) is 0.320. The molecule has 1 fully saturated rings. The summed E-state index contributed by atoms with van der Waals surface area (Å²) in [5.41, 5.74) is 2.86. The van der Waals surface area contributed by atoms with Gasteiger partial charge in [0.2, 0.25) is 15.0 Å². The summed E-state index contributed by atoms with van der Waals surface area (Å²) in [5.74, 6) is 0.0251. The Morgan fingerprint density at radius 3 is 2.65 bits per heavy atom. The third kappa shape index (κ3) is 4.49. The second kappa shape index (κ2) is 8.89. The largest absolute Gasteiger partial charge is 0.484 e. The molecule has 1 unspecified atom stereocenters. The third-order valence-corrected chi connectivity index (χ3v) is 8.53. The van der Waals surface area contributed by atoms with Crippen LogP contribution in [0, 0.1) is 12.7 Å². The number of imidazole rings is 1. The molecule has 1 saturated carbocycles. The Bertz CT molecular complexity index is 1630. The molecule has 2 aromatic heterocycles. The molecule has 0 bridgehead atoms. The van der Waals surface area contributed by atoms with Crippen LogP contribution in [-0.2, 0) is 21.2 Å². The Labute approximate surface area is 216 Å². The lowest BCUT2D eigenvalue weighted by Crippen LogP contribution is -2.43. The van der Waals surface area contributed by atoms with Crippen molar-refractivity contribution < 1.29 is 22.3 Å². The van der Waals surface area contributed by atoms with Gasteiger partial charge in [-0.1, -0.05) is 23.5 Å². The molecule has 37 heavy (non-hydrogen) atoms. The fourth-order valence-electron chi connectivity index (χ4n) is 4.84. The number of amides is 1. The Hall–Kier alpha value is -3.35. The fourth-order valence-corrected chi connectivity index (χ4v) is 6.12. The van der Waals surface area contributed by atoms with Crippen LogP contribution in [-0.4, -0.2) is 47.0 Å². The predicted octanol–water partition coefficient (Wildman–Crippen LogP) is 3.32. The number of primary sulfonamides is 1. The average molecular weight is 542 g/mol. The monoisotopic (exact) mass is 541 g/mol. The van der Waals surface area contributed by atoms with Crippen LogP contribution in [0.3, 0.4) is 0 Å². The van der Waals surface area contributed by atoms with Crippen molar-refractivity contribution in [1.29, 1.82) is 0 Å². The van der Waals surface area contributed by atoms with Crippen molar-refractivity contribution in [2.75, 3.05) is 13.2 Å². The number of halogens is 1. The second-order valence-corrected chi connectivity index (χ2v) is 12.1. The summed E-state index contributed by atoms with van der Waals surface area (Å²) >= 11 is 1.45. The lowest BCUT2D eigenvalue weighted by molar-refractivity contribution is -0.135. The first-order chi connectivity index (χ1) is 17.7. The molecular weight excluding hydrogens is 517 g/mol. The summed E-state index contributed by atoms with van der Waals surface area (Å²) in [6, 6.07) is 10.1. The molecule has 1 aliphatic heterocycles. The summed E-state index contributed by atoms with van der Waals surface area (Å²) in [4.78, 5) is 20.5. The van der Waals surface area contributed by atoms with Gasteiger partial charge in [-0.2, -0.15) is 5.10 Å². The zero-order valence-electron chi connectivity index (χ0n) is 19.9. The van der Waals surface area contributed by atoms with E-state index in [0.717, 1.165) is 29.1 Å². The number of hydrogen-bond donors (Lipinski definition) is 1. The minimum atomic E-state index is -3.83. The number of aromatic nitrogens is 3. The summed E-state index contributed by atoms with van der Waals surface area (Å²) in [5, 5.41) is 10.5. The van der Waals surface area contributed by atoms with Gasteiger partial charge in [0, 0.05) is 18.5 Å². The van der Waals surface area contributed by atoms with Crippen LogP contribution in [0.15, 0.2) is 47.4 Å². The molecule has 0 radical (unpaired) electrons. The summed E-state index contributed by atoms with van der Waals surface area (Å²) in [7, 11) is -3.83. The highest BCUT2D eigenvalue weighted by atomic mass is 32.2. The molecule has 2 aliphatic rings. The summed E-state index contributed by atoms with van der Waals surface area (Å²) in [6.45, 7) is 1.92. The normalized spacial score (nSPS) is 17.7. The quantitative estimate of drug-likeness (QED) is 0.400. The van der Waals surface area contributed by atoms with Crippen LogP contribution in [0.1, 0.15) is 52.3 Å². The molecular formula is C25H24FN5O4S2. The van der Waals surface area contributed by atoms with Gasteiger partial charge in [0.15, 0.2) is 6.61 Å². The van der Waals surface area contributed by atoms with E-state index in [1.54, 1.807) is 21.5 Å². The SMILES string of the molecule is Cc1nn2c3c(nc2s1)CCN(C(=O)COc1ccc(S(N)(=O)=O)cc1)C3c1ccc(C2CC2)cc1F. The van der Waals surface area contributed by atoms with Crippen LogP contribution in [0.2, 0.25) is 0 Å². The number of benzene rings is 2. The van der Waals surface area contributed by atoms with E-state index in [4.69, 9.17) is 14.9 Å². The minimum Gasteiger partial charge on any atom is -0.484 e. The molecule has 2 aromatic carbocycles. The number of fused-ring (bicyclic) bond motifs is 3. The number of ether oxygens (including phenoxy) is 1. The maximum atomic E-state index is 15.6. The topological polar surface area (TPSA) is 120 Å². The second-order valence-electron chi connectivity index (χ2n) is 9.36. The number of aryl methyl sites for hydroxylation is 1. The molecule has 12 heteroatoms. The van der Waals surface area contributed by atoms with Gasteiger partial charge in [-0.3, -0.25) is 4.79 Å². The highest BCUT2D eigenvalue weighted by Crippen LogP contribution is 2.43. The lowest BCUT2D eigenvalue weighted by atomic mass is 9.93. The van der Waals surface area contributed by atoms with E-state index in [-0.39, 0.29) is 23.2 Å². The van der Waals surface area contributed by atoms with Crippen LogP contribution < -0.4 is 9.88 Å². The first kappa shape index (κ1) is 24.0. The molecule has 192 valence electrons. The Morgan fingerprint density at radius 2 is 1.97 bits per heavy atom. The average Bonchev–Trinajstić information content (AvgIpc) is 3.57. The van der Waals surface area contributed by atoms with Crippen molar-refractivity contribution >= 4 is 32.2 Å². The molecule has 0 saturated heterocycles. The van der Waals surface area contributed by atoms with Crippen molar-refractivity contribution in [3.8, 4) is 5.75 Å². The smallest absolute Gasteiger partial charge is 0.261 e. The van der Waals surface area contributed by atoms with E-state index in [0.29, 0.717) is 40.9 Å². The molecule has 1 amide bonds. The Morgan fingerprint density at radius 1 is 1.22 bits per heavy atom. The number of sulfonamides is 1. The van der Waals surface area contributed by atoms with Crippen molar-refractivity contribution in [3.05, 3.63) is 75.8 Å². The van der Waals surface area contributed by atoms with Crippen molar-refractivity contribution in [3.63, 3.8) is 0 Å². The number of nitrogens with two attached hydrogens (primary N) is 1. The Balaban J connectivity index is 1.33. The van der Waals surface area contributed by atoms with Gasteiger partial charge in [0.25, 0.3) is 5.91 Å². The molecule has 1 aliphatic carbocycles. The van der Waals surface area contributed by atoms with Crippen LogP contribution in [0.5, 0.6) is 5.75 Å². The minimum absolute atomic E-state index is 0.0526. The zero-order chi connectivity index (χ0) is 25.9. The van der Waals surface area contributed by atoms with Gasteiger partial charge in [0.1, 0.15) is 22.6 Å². The number of nitrogens with zero attached hydrogens (tertiary/aromatic N) is 4. The van der Waals surface area contributed by atoms with Crippen LogP contribution in [0.4, 0.5) is 4.39 Å². The summed E-state index contributed by atoms with van der Waals surface area (Å²) < 4.78 is 45.9. The van der Waals surface area contributed by atoms with Crippen LogP contribution in [0.25, 0.3) is 4.96 Å². The third-order valence-electron chi connectivity index (χ3n) is 6.78. The summed E-state index contributed by atoms with van der Waals surface area (Å²) in [6.07, 6.45) is 2.64. The standard InChI is InChI=1S/C25H24FN5O4S2/c1-14-29-31-24-21(28-25(31)36-14)10-11-30(23(24)19-9-4-16(12-20(19)26)15-2-3-15)22(32)13-35-17-5-7-18(8-6-17)37(27,33)34/h4-9,12,15,23H,2-3,10-11,13H2,1H3,(H2,27,33,34). The highest BCUT2D eigenvalue weighted by molar-refractivity contribution is 7.89. The van der Waals surface area contributed by atoms with Crippen molar-refractivity contribution in [1.82, 2.24) is 19.5 Å². The van der Waals surface area contributed by atoms with E-state index >= 15 is 4.39 Å². The van der Waals surface area contributed by atoms with E-state index in [9.17, 15) is 13.2 Å². The molecule has 0 spiro atoms. The van der Waals surface area contributed by atoms with Crippen LogP contribution >= 0.6 is 11.3 Å². The van der Waals surface area contributed by atoms with Gasteiger partial charge in [-0.05, 0) is 61.6 Å². The van der Waals surface area contributed by atoms with E-state index in [1.165, 1.54) is 35.6 Å². The molecule has 6 rings (SSSR count). The first-order valence-corrected chi connectivity index (χ1v) is 14.2. The number of hydrogen-bond acceptors (Lipinski definition) is 7. The van der Waals surface area contributed by atoms with Gasteiger partial charge < -0.3 is 9.64 Å². The van der Waals surface area contributed by atoms with Gasteiger partial charge in [-0.25, -0.2) is 27.4 Å². The van der Waals surface area contributed by atoms with E-state index < -0.39 is 16.1 Å². The molecule has 4 aromatic rings. The molecule has 3 heterocycles.